The Labute approximate surface area is 150 Å². The van der Waals surface area contributed by atoms with Crippen LogP contribution in [0.25, 0.3) is 0 Å². The van der Waals surface area contributed by atoms with Gasteiger partial charge in [-0.2, -0.15) is 0 Å². The van der Waals surface area contributed by atoms with Gasteiger partial charge in [0.2, 0.25) is 11.8 Å². The second kappa shape index (κ2) is 7.46. The van der Waals surface area contributed by atoms with Crippen LogP contribution in [0, 0.1) is 5.92 Å². The molecule has 5 nitrogen and oxygen atoms in total. The van der Waals surface area contributed by atoms with Gasteiger partial charge in [-0.15, -0.1) is 0 Å². The van der Waals surface area contributed by atoms with Gasteiger partial charge in [0.1, 0.15) is 0 Å². The smallest absolute Gasteiger partial charge is 0.228 e. The van der Waals surface area contributed by atoms with Crippen molar-refractivity contribution in [3.8, 4) is 0 Å². The Bertz CT molecular complexity index is 646. The number of rotatable bonds is 2. The first-order chi connectivity index (χ1) is 12.0. The zero-order valence-corrected chi connectivity index (χ0v) is 15.6. The summed E-state index contributed by atoms with van der Waals surface area (Å²) in [7, 11) is 2.09. The van der Waals surface area contributed by atoms with E-state index in [0.717, 1.165) is 25.9 Å². The molecule has 1 fully saturated rings. The fraction of sp³-hybridized carbons (Fsp3) is 0.600. The van der Waals surface area contributed by atoms with E-state index in [2.05, 4.69) is 31.0 Å². The third-order valence-corrected chi connectivity index (χ3v) is 5.52. The van der Waals surface area contributed by atoms with Crippen LogP contribution < -0.4 is 4.90 Å². The summed E-state index contributed by atoms with van der Waals surface area (Å²) in [6.45, 7) is 6.85. The van der Waals surface area contributed by atoms with Crippen molar-refractivity contribution in [1.29, 1.82) is 0 Å². The van der Waals surface area contributed by atoms with E-state index in [1.165, 1.54) is 11.3 Å². The van der Waals surface area contributed by atoms with Crippen LogP contribution in [0.3, 0.4) is 0 Å². The number of hydrogen-bond acceptors (Lipinski definition) is 3. The highest BCUT2D eigenvalue weighted by Crippen LogP contribution is 2.28. The van der Waals surface area contributed by atoms with Gasteiger partial charge in [0.15, 0.2) is 0 Å². The number of nitrogens with zero attached hydrogens (tertiary/aromatic N) is 3. The molecule has 0 saturated carbocycles. The average molecular weight is 343 g/mol. The molecule has 0 N–H and O–H groups in total. The van der Waals surface area contributed by atoms with Crippen molar-refractivity contribution < 1.29 is 9.59 Å². The molecule has 25 heavy (non-hydrogen) atoms. The molecule has 0 radical (unpaired) electrons. The number of piperidine rings is 1. The van der Waals surface area contributed by atoms with E-state index in [9.17, 15) is 9.59 Å². The largest absolute Gasteiger partial charge is 0.372 e. The van der Waals surface area contributed by atoms with Crippen molar-refractivity contribution in [3.05, 3.63) is 29.8 Å². The van der Waals surface area contributed by atoms with E-state index in [0.29, 0.717) is 19.5 Å². The first kappa shape index (κ1) is 17.8. The number of benzene rings is 1. The van der Waals surface area contributed by atoms with Crippen molar-refractivity contribution in [3.63, 3.8) is 0 Å². The lowest BCUT2D eigenvalue weighted by Gasteiger charge is -2.36. The van der Waals surface area contributed by atoms with E-state index in [4.69, 9.17) is 0 Å². The molecule has 2 amide bonds. The fourth-order valence-corrected chi connectivity index (χ4v) is 4.11. The van der Waals surface area contributed by atoms with Crippen LogP contribution in [-0.2, 0) is 16.1 Å². The predicted molar refractivity (Wildman–Crippen MR) is 99.3 cm³/mol. The predicted octanol–water partition coefficient (Wildman–Crippen LogP) is 2.50. The lowest BCUT2D eigenvalue weighted by Crippen LogP contribution is -2.49. The number of fused-ring (bicyclic) bond motifs is 1. The van der Waals surface area contributed by atoms with Gasteiger partial charge < -0.3 is 14.7 Å². The number of hydrogen-bond donors (Lipinski definition) is 0. The van der Waals surface area contributed by atoms with Crippen LogP contribution in [0.2, 0.25) is 0 Å². The summed E-state index contributed by atoms with van der Waals surface area (Å²) in [5.41, 5.74) is 2.40. The highest BCUT2D eigenvalue weighted by Gasteiger charge is 2.34. The van der Waals surface area contributed by atoms with Crippen LogP contribution in [-0.4, -0.2) is 54.3 Å². The Morgan fingerprint density at radius 1 is 1.20 bits per heavy atom. The molecule has 0 bridgehead atoms. The number of likely N-dealkylation sites (tertiary alicyclic amines) is 1. The molecule has 0 spiro atoms. The molecule has 2 heterocycles. The zero-order chi connectivity index (χ0) is 18.0. The second-order valence-corrected chi connectivity index (χ2v) is 7.36. The Morgan fingerprint density at radius 2 is 1.96 bits per heavy atom. The molecule has 2 aliphatic heterocycles. The summed E-state index contributed by atoms with van der Waals surface area (Å²) >= 11 is 0. The summed E-state index contributed by atoms with van der Waals surface area (Å²) in [5.74, 6) is 0.292. The number of carbonyl (C=O) groups excluding carboxylic acids is 2. The molecular formula is C20H29N3O2. The number of amides is 2. The molecule has 136 valence electrons. The van der Waals surface area contributed by atoms with Gasteiger partial charge in [0.25, 0.3) is 0 Å². The summed E-state index contributed by atoms with van der Waals surface area (Å²) in [5, 5.41) is 0. The first-order valence-corrected chi connectivity index (χ1v) is 9.38. The van der Waals surface area contributed by atoms with E-state index < -0.39 is 0 Å². The quantitative estimate of drug-likeness (QED) is 0.829. The Balaban J connectivity index is 1.78. The molecule has 1 aromatic carbocycles. The summed E-state index contributed by atoms with van der Waals surface area (Å²) in [6.07, 6.45) is 2.31. The highest BCUT2D eigenvalue weighted by atomic mass is 16.2. The Morgan fingerprint density at radius 3 is 2.72 bits per heavy atom. The lowest BCUT2D eigenvalue weighted by atomic mass is 9.95. The molecule has 2 unspecified atom stereocenters. The summed E-state index contributed by atoms with van der Waals surface area (Å²) < 4.78 is 0. The van der Waals surface area contributed by atoms with Crippen LogP contribution in [0.4, 0.5) is 5.69 Å². The van der Waals surface area contributed by atoms with Crippen LogP contribution in [0.5, 0.6) is 0 Å². The van der Waals surface area contributed by atoms with Gasteiger partial charge in [-0.25, -0.2) is 0 Å². The van der Waals surface area contributed by atoms with Gasteiger partial charge in [-0.3, -0.25) is 9.59 Å². The number of carbonyl (C=O) groups is 2. The van der Waals surface area contributed by atoms with E-state index in [1.807, 2.05) is 28.9 Å². The maximum atomic E-state index is 13.3. The molecule has 2 atom stereocenters. The van der Waals surface area contributed by atoms with E-state index in [1.54, 1.807) is 0 Å². The highest BCUT2D eigenvalue weighted by molar-refractivity contribution is 5.82. The minimum Gasteiger partial charge on any atom is -0.372 e. The van der Waals surface area contributed by atoms with Crippen LogP contribution >= 0.6 is 0 Å². The molecule has 1 aromatic rings. The Hall–Kier alpha value is -2.04. The zero-order valence-electron chi connectivity index (χ0n) is 15.6. The van der Waals surface area contributed by atoms with E-state index >= 15 is 0 Å². The monoisotopic (exact) mass is 343 g/mol. The minimum atomic E-state index is -0.0673. The summed E-state index contributed by atoms with van der Waals surface area (Å²) in [6, 6.07) is 8.47. The number of para-hydroxylation sites is 1. The SMILES string of the molecule is CCC(=O)N1CCCC(C(=O)N2Cc3ccccc3N(C)CC2C)C1. The number of anilines is 1. The third-order valence-electron chi connectivity index (χ3n) is 5.52. The van der Waals surface area contributed by atoms with Crippen molar-refractivity contribution in [2.45, 2.75) is 45.7 Å². The molecule has 1 saturated heterocycles. The maximum absolute atomic E-state index is 13.3. The Kier molecular flexibility index (Phi) is 5.30. The first-order valence-electron chi connectivity index (χ1n) is 9.38. The molecule has 0 aliphatic carbocycles. The molecule has 3 rings (SSSR count). The topological polar surface area (TPSA) is 43.9 Å². The third kappa shape index (κ3) is 3.65. The average Bonchev–Trinajstić information content (AvgIpc) is 2.77. The maximum Gasteiger partial charge on any atom is 0.228 e. The molecular weight excluding hydrogens is 314 g/mol. The van der Waals surface area contributed by atoms with Gasteiger partial charge in [-0.05, 0) is 31.4 Å². The van der Waals surface area contributed by atoms with Crippen LogP contribution in [0.15, 0.2) is 24.3 Å². The van der Waals surface area contributed by atoms with Crippen molar-refractivity contribution in [2.24, 2.45) is 5.92 Å². The normalized spacial score (nSPS) is 23.9. The second-order valence-electron chi connectivity index (χ2n) is 7.36. The fourth-order valence-electron chi connectivity index (χ4n) is 4.11. The van der Waals surface area contributed by atoms with Gasteiger partial charge >= 0.3 is 0 Å². The van der Waals surface area contributed by atoms with Crippen molar-refractivity contribution >= 4 is 17.5 Å². The van der Waals surface area contributed by atoms with Gasteiger partial charge in [-0.1, -0.05) is 25.1 Å². The van der Waals surface area contributed by atoms with Gasteiger partial charge in [0.05, 0.1) is 5.92 Å². The van der Waals surface area contributed by atoms with Crippen LogP contribution in [0.1, 0.15) is 38.7 Å². The van der Waals surface area contributed by atoms with Crippen molar-refractivity contribution in [1.82, 2.24) is 9.80 Å². The summed E-state index contributed by atoms with van der Waals surface area (Å²) in [4.78, 5) is 31.4. The van der Waals surface area contributed by atoms with Crippen molar-refractivity contribution in [2.75, 3.05) is 31.6 Å². The standard InChI is InChI=1S/C20H29N3O2/c1-4-19(24)22-11-7-9-17(13-22)20(25)23-14-16-8-5-6-10-18(16)21(3)12-15(23)2/h5-6,8,10,15,17H,4,7,9,11-14H2,1-3H3. The molecule has 2 aliphatic rings. The van der Waals surface area contributed by atoms with Gasteiger partial charge in [0, 0.05) is 51.4 Å². The molecule has 0 aromatic heterocycles. The minimum absolute atomic E-state index is 0.0673. The number of likely N-dealkylation sites (N-methyl/N-ethyl adjacent to an activating group) is 1. The lowest BCUT2D eigenvalue weighted by molar-refractivity contribution is -0.142. The molecule has 5 heteroatoms. The van der Waals surface area contributed by atoms with E-state index in [-0.39, 0.29) is 23.8 Å².